The van der Waals surface area contributed by atoms with E-state index in [0.29, 0.717) is 0 Å². The first kappa shape index (κ1) is 29.3. The zero-order valence-corrected chi connectivity index (χ0v) is 29.9. The molecule has 2 nitrogen and oxygen atoms in total. The van der Waals surface area contributed by atoms with E-state index in [1.165, 1.54) is 55.1 Å². The third-order valence-electron chi connectivity index (χ3n) is 11.2. The Labute approximate surface area is 284 Å². The first-order valence-electron chi connectivity index (χ1n) is 17.2. The average Bonchev–Trinajstić information content (AvgIpc) is 3.65. The van der Waals surface area contributed by atoms with Crippen LogP contribution in [0.25, 0.3) is 44.2 Å². The third kappa shape index (κ3) is 3.97. The molecule has 0 radical (unpaired) electrons. The second-order valence-electron chi connectivity index (χ2n) is 15.8. The van der Waals surface area contributed by atoms with E-state index in [1.54, 1.807) is 0 Å². The minimum absolute atomic E-state index is 0.104. The fraction of sp³-hybridized carbons (Fsp3) is 0.200. The van der Waals surface area contributed by atoms with Crippen LogP contribution < -0.4 is 10.1 Å². The van der Waals surface area contributed by atoms with Gasteiger partial charge in [-0.2, -0.15) is 0 Å². The van der Waals surface area contributed by atoms with Gasteiger partial charge in [-0.25, -0.2) is 0 Å². The fourth-order valence-electron chi connectivity index (χ4n) is 8.66. The summed E-state index contributed by atoms with van der Waals surface area (Å²) >= 11 is 0. The molecule has 236 valence electrons. The Hall–Kier alpha value is -4.86. The first-order chi connectivity index (χ1) is 23.0. The van der Waals surface area contributed by atoms with Crippen LogP contribution in [0.4, 0.5) is 17.1 Å². The summed E-state index contributed by atoms with van der Waals surface area (Å²) in [7, 11) is -1.66. The second kappa shape index (κ2) is 9.84. The third-order valence-corrected chi connectivity index (χ3v) is 13.2. The topological polar surface area (TPSA) is 16.4 Å². The van der Waals surface area contributed by atoms with Crippen molar-refractivity contribution in [1.82, 2.24) is 0 Å². The molecule has 2 aliphatic rings. The van der Waals surface area contributed by atoms with E-state index in [2.05, 4.69) is 174 Å². The van der Waals surface area contributed by atoms with Gasteiger partial charge in [0.05, 0.1) is 13.8 Å². The van der Waals surface area contributed by atoms with Crippen LogP contribution in [0.5, 0.6) is 0 Å². The predicted octanol–water partition coefficient (Wildman–Crippen LogP) is 12.2. The minimum Gasteiger partial charge on any atom is -0.454 e. The molecular weight excluding hydrogens is 599 g/mol. The molecule has 0 amide bonds. The van der Waals surface area contributed by atoms with Crippen molar-refractivity contribution in [2.45, 2.75) is 58.2 Å². The zero-order valence-electron chi connectivity index (χ0n) is 28.9. The summed E-state index contributed by atoms with van der Waals surface area (Å²) in [6.07, 6.45) is 0. The Kier molecular flexibility index (Phi) is 6.00. The maximum atomic E-state index is 7.03. The second-order valence-corrected chi connectivity index (χ2v) is 20.9. The van der Waals surface area contributed by atoms with Gasteiger partial charge in [-0.3, -0.25) is 0 Å². The van der Waals surface area contributed by atoms with Gasteiger partial charge in [-0.15, -0.1) is 0 Å². The van der Waals surface area contributed by atoms with E-state index in [4.69, 9.17) is 4.42 Å². The van der Waals surface area contributed by atoms with Crippen molar-refractivity contribution in [3.05, 3.63) is 144 Å². The summed E-state index contributed by atoms with van der Waals surface area (Å²) in [4.78, 5) is 2.44. The van der Waals surface area contributed by atoms with Crippen LogP contribution in [-0.2, 0) is 10.8 Å². The minimum atomic E-state index is -1.66. The number of anilines is 3. The number of hydrogen-bond acceptors (Lipinski definition) is 2. The largest absolute Gasteiger partial charge is 0.454 e. The zero-order chi connectivity index (χ0) is 33.2. The standard InChI is InChI=1S/C45H41NOSi/c1-44(2)36-18-10-8-14-30(36)32-24-22-28(26-38(32)44)46(29-23-25-33-31-15-9-11-19-37(31)45(3,4)39(33)27-29)40-20-12-16-34-35-17-13-21-41(48(5,6)7)43(35)47-42(34)40/h8-27H,1-7H3. The number of furan rings is 1. The first-order valence-corrected chi connectivity index (χ1v) is 20.7. The molecule has 0 saturated heterocycles. The number of hydrogen-bond donors (Lipinski definition) is 0. The SMILES string of the molecule is CC1(C)c2ccccc2-c2ccc(N(c3ccc4c(c3)C(C)(C)c3ccccc3-4)c3cccc4c3oc3c([Si](C)(C)C)cccc34)cc21. The van der Waals surface area contributed by atoms with Gasteiger partial charge in [-0.1, -0.05) is 138 Å². The van der Waals surface area contributed by atoms with E-state index in [9.17, 15) is 0 Å². The normalized spacial score (nSPS) is 15.3. The van der Waals surface area contributed by atoms with Crippen LogP contribution in [0.3, 0.4) is 0 Å². The molecule has 0 atom stereocenters. The molecule has 0 saturated carbocycles. The maximum absolute atomic E-state index is 7.03. The van der Waals surface area contributed by atoms with Crippen molar-refractivity contribution in [1.29, 1.82) is 0 Å². The van der Waals surface area contributed by atoms with Gasteiger partial charge in [0.2, 0.25) is 0 Å². The highest BCUT2D eigenvalue weighted by atomic mass is 28.3. The molecule has 9 rings (SSSR count). The molecule has 0 bridgehead atoms. The average molecular weight is 640 g/mol. The summed E-state index contributed by atoms with van der Waals surface area (Å²) < 4.78 is 7.03. The van der Waals surface area contributed by atoms with Crippen LogP contribution in [0.15, 0.2) is 126 Å². The molecule has 1 aromatic heterocycles. The van der Waals surface area contributed by atoms with Crippen LogP contribution in [0.2, 0.25) is 19.6 Å². The Bertz CT molecular complexity index is 2350. The number of fused-ring (bicyclic) bond motifs is 9. The number of nitrogens with zero attached hydrogens (tertiary/aromatic N) is 1. The van der Waals surface area contributed by atoms with E-state index in [0.717, 1.165) is 33.6 Å². The smallest absolute Gasteiger partial charge is 0.159 e. The highest BCUT2D eigenvalue weighted by molar-refractivity contribution is 6.90. The molecule has 7 aromatic rings. The lowest BCUT2D eigenvalue weighted by Gasteiger charge is -2.29. The van der Waals surface area contributed by atoms with Crippen molar-refractivity contribution in [2.75, 3.05) is 4.90 Å². The number of para-hydroxylation sites is 2. The van der Waals surface area contributed by atoms with Gasteiger partial charge < -0.3 is 9.32 Å². The Morgan fingerprint density at radius 1 is 0.479 bits per heavy atom. The Morgan fingerprint density at radius 2 is 0.958 bits per heavy atom. The van der Waals surface area contributed by atoms with Crippen LogP contribution in [0, 0.1) is 0 Å². The molecule has 0 fully saturated rings. The van der Waals surface area contributed by atoms with E-state index >= 15 is 0 Å². The van der Waals surface area contributed by atoms with Crippen molar-refractivity contribution >= 4 is 52.3 Å². The molecule has 6 aromatic carbocycles. The number of rotatable bonds is 4. The molecule has 48 heavy (non-hydrogen) atoms. The summed E-state index contributed by atoms with van der Waals surface area (Å²) in [5, 5.41) is 3.72. The van der Waals surface area contributed by atoms with Gasteiger partial charge in [-0.05, 0) is 80.0 Å². The predicted molar refractivity (Wildman–Crippen MR) is 207 cm³/mol. The molecular formula is C45H41NOSi. The van der Waals surface area contributed by atoms with Gasteiger partial charge in [0, 0.05) is 33.0 Å². The number of benzene rings is 6. The van der Waals surface area contributed by atoms with E-state index < -0.39 is 8.07 Å². The molecule has 1 heterocycles. The van der Waals surface area contributed by atoms with E-state index in [-0.39, 0.29) is 10.8 Å². The highest BCUT2D eigenvalue weighted by Gasteiger charge is 2.38. The molecule has 0 unspecified atom stereocenters. The van der Waals surface area contributed by atoms with Gasteiger partial charge in [0.1, 0.15) is 5.58 Å². The molecule has 2 aliphatic carbocycles. The molecule has 3 heteroatoms. The monoisotopic (exact) mass is 639 g/mol. The Morgan fingerprint density at radius 3 is 1.50 bits per heavy atom. The van der Waals surface area contributed by atoms with Crippen molar-refractivity contribution in [3.63, 3.8) is 0 Å². The summed E-state index contributed by atoms with van der Waals surface area (Å²) in [5.74, 6) is 0. The fourth-order valence-corrected chi connectivity index (χ4v) is 10.1. The molecule has 0 N–H and O–H groups in total. The van der Waals surface area contributed by atoms with Crippen LogP contribution in [0.1, 0.15) is 49.9 Å². The summed E-state index contributed by atoms with van der Waals surface area (Å²) in [5.41, 5.74) is 15.9. The Balaban J connectivity index is 1.31. The van der Waals surface area contributed by atoms with Crippen molar-refractivity contribution in [2.24, 2.45) is 0 Å². The van der Waals surface area contributed by atoms with Crippen LogP contribution >= 0.6 is 0 Å². The highest BCUT2D eigenvalue weighted by Crippen LogP contribution is 2.53. The lowest BCUT2D eigenvalue weighted by atomic mass is 9.82. The molecule has 0 spiro atoms. The van der Waals surface area contributed by atoms with Gasteiger partial charge in [0.15, 0.2) is 5.58 Å². The van der Waals surface area contributed by atoms with Crippen LogP contribution in [-0.4, -0.2) is 8.07 Å². The lowest BCUT2D eigenvalue weighted by molar-refractivity contribution is 0.659. The van der Waals surface area contributed by atoms with E-state index in [1.807, 2.05) is 0 Å². The van der Waals surface area contributed by atoms with Crippen molar-refractivity contribution < 1.29 is 4.42 Å². The maximum Gasteiger partial charge on any atom is 0.159 e. The summed E-state index contributed by atoms with van der Waals surface area (Å²) in [6, 6.07) is 45.3. The summed E-state index contributed by atoms with van der Waals surface area (Å²) in [6.45, 7) is 16.6. The quantitative estimate of drug-likeness (QED) is 0.178. The van der Waals surface area contributed by atoms with Gasteiger partial charge in [0.25, 0.3) is 0 Å². The lowest BCUT2D eigenvalue weighted by Crippen LogP contribution is -2.37. The molecule has 0 aliphatic heterocycles. The van der Waals surface area contributed by atoms with Gasteiger partial charge >= 0.3 is 0 Å². The van der Waals surface area contributed by atoms with Crippen molar-refractivity contribution in [3.8, 4) is 22.3 Å².